The Labute approximate surface area is 152 Å². The molecule has 1 N–H and O–H groups in total. The first kappa shape index (κ1) is 17.1. The Hall–Kier alpha value is -2.38. The van der Waals surface area contributed by atoms with Gasteiger partial charge in [0.15, 0.2) is 0 Å². The summed E-state index contributed by atoms with van der Waals surface area (Å²) in [5.41, 5.74) is 2.12. The molecule has 0 atom stereocenters. The molecule has 2 aliphatic heterocycles. The quantitative estimate of drug-likeness (QED) is 0.877. The van der Waals surface area contributed by atoms with Gasteiger partial charge in [0.25, 0.3) is 0 Å². The van der Waals surface area contributed by atoms with Crippen molar-refractivity contribution in [1.29, 1.82) is 0 Å². The molecule has 7 heteroatoms. The zero-order valence-corrected chi connectivity index (χ0v) is 15.3. The van der Waals surface area contributed by atoms with Crippen molar-refractivity contribution in [2.24, 2.45) is 0 Å². The largest absolute Gasteiger partial charge is 0.367 e. The van der Waals surface area contributed by atoms with Gasteiger partial charge < -0.3 is 15.1 Å². The maximum Gasteiger partial charge on any atom is 0.204 e. The van der Waals surface area contributed by atoms with Crippen LogP contribution in [0.2, 0.25) is 0 Å². The number of halogens is 1. The molecule has 136 valence electrons. The Morgan fingerprint density at radius 2 is 1.73 bits per heavy atom. The van der Waals surface area contributed by atoms with Crippen molar-refractivity contribution in [1.82, 2.24) is 4.90 Å². The minimum atomic E-state index is -3.71. The fraction of sp³-hybridized carbons (Fsp3) is 0.263. The lowest BCUT2D eigenvalue weighted by atomic mass is 10.1. The first-order valence-corrected chi connectivity index (χ1v) is 10.0. The molecule has 0 aromatic heterocycles. The number of nitrogens with one attached hydrogen (secondary N) is 1. The SMILES string of the molecule is CN1CCN(c2cc3c(cc2F)S(=O)(=O)C=C(c2ccccc2)N3)CC1. The number of sulfone groups is 1. The number of likely N-dealkylation sites (N-methyl/N-ethyl adjacent to an activating group) is 1. The molecule has 1 fully saturated rings. The topological polar surface area (TPSA) is 52.7 Å². The number of hydrogen-bond donors (Lipinski definition) is 1. The van der Waals surface area contributed by atoms with E-state index in [2.05, 4.69) is 10.2 Å². The monoisotopic (exact) mass is 373 g/mol. The molecule has 0 amide bonds. The highest BCUT2D eigenvalue weighted by molar-refractivity contribution is 7.94. The van der Waals surface area contributed by atoms with Crippen LogP contribution in [0.1, 0.15) is 5.56 Å². The van der Waals surface area contributed by atoms with Crippen LogP contribution in [0.3, 0.4) is 0 Å². The van der Waals surface area contributed by atoms with Crippen molar-refractivity contribution in [3.63, 3.8) is 0 Å². The standard InChI is InChI=1S/C19H20FN3O2S/c1-22-7-9-23(10-8-22)18-12-16-19(11-15(18)20)26(24,25)13-17(21-16)14-5-3-2-4-6-14/h2-6,11-13,21H,7-10H2,1H3. The number of piperazine rings is 1. The number of hydrogen-bond acceptors (Lipinski definition) is 5. The molecule has 1 saturated heterocycles. The fourth-order valence-electron chi connectivity index (χ4n) is 3.32. The van der Waals surface area contributed by atoms with Gasteiger partial charge in [-0.05, 0) is 24.7 Å². The summed E-state index contributed by atoms with van der Waals surface area (Å²) in [6.07, 6.45) is 0. The maximum atomic E-state index is 14.7. The zero-order valence-electron chi connectivity index (χ0n) is 14.4. The van der Waals surface area contributed by atoms with Crippen LogP contribution in [0.4, 0.5) is 15.8 Å². The van der Waals surface area contributed by atoms with Crippen LogP contribution in [0, 0.1) is 5.82 Å². The first-order valence-electron chi connectivity index (χ1n) is 8.50. The van der Waals surface area contributed by atoms with Crippen LogP contribution in [-0.2, 0) is 9.84 Å². The van der Waals surface area contributed by atoms with Gasteiger partial charge in [0, 0.05) is 26.2 Å². The van der Waals surface area contributed by atoms with E-state index < -0.39 is 15.7 Å². The van der Waals surface area contributed by atoms with Crippen LogP contribution in [0.15, 0.2) is 52.8 Å². The summed E-state index contributed by atoms with van der Waals surface area (Å²) in [4.78, 5) is 4.13. The van der Waals surface area contributed by atoms with E-state index in [0.29, 0.717) is 30.2 Å². The Balaban J connectivity index is 1.74. The molecule has 4 rings (SSSR count). The Morgan fingerprint density at radius 1 is 1.04 bits per heavy atom. The molecule has 0 saturated carbocycles. The van der Waals surface area contributed by atoms with Crippen molar-refractivity contribution >= 4 is 26.9 Å². The van der Waals surface area contributed by atoms with E-state index in [1.807, 2.05) is 42.3 Å². The van der Waals surface area contributed by atoms with Gasteiger partial charge >= 0.3 is 0 Å². The third-order valence-corrected chi connectivity index (χ3v) is 6.32. The zero-order chi connectivity index (χ0) is 18.3. The highest BCUT2D eigenvalue weighted by Crippen LogP contribution is 2.37. The first-order chi connectivity index (χ1) is 12.4. The van der Waals surface area contributed by atoms with E-state index in [-0.39, 0.29) is 4.90 Å². The van der Waals surface area contributed by atoms with E-state index in [1.165, 1.54) is 5.41 Å². The molecular weight excluding hydrogens is 353 g/mol. The summed E-state index contributed by atoms with van der Waals surface area (Å²) in [6.45, 7) is 3.11. The van der Waals surface area contributed by atoms with Gasteiger partial charge in [0.2, 0.25) is 9.84 Å². The van der Waals surface area contributed by atoms with Crippen LogP contribution in [0.5, 0.6) is 0 Å². The van der Waals surface area contributed by atoms with E-state index in [1.54, 1.807) is 6.07 Å². The second-order valence-electron chi connectivity index (χ2n) is 6.66. The molecule has 0 unspecified atom stereocenters. The summed E-state index contributed by atoms with van der Waals surface area (Å²) in [6, 6.07) is 12.0. The Morgan fingerprint density at radius 3 is 2.42 bits per heavy atom. The second kappa shape index (κ2) is 6.41. The van der Waals surface area contributed by atoms with Gasteiger partial charge in [-0.1, -0.05) is 30.3 Å². The van der Waals surface area contributed by atoms with Crippen molar-refractivity contribution in [2.75, 3.05) is 43.4 Å². The van der Waals surface area contributed by atoms with Crippen LogP contribution >= 0.6 is 0 Å². The highest BCUT2D eigenvalue weighted by atomic mass is 32.2. The number of anilines is 2. The molecule has 2 aromatic rings. The predicted molar refractivity (Wildman–Crippen MR) is 101 cm³/mol. The van der Waals surface area contributed by atoms with E-state index in [9.17, 15) is 12.8 Å². The number of rotatable bonds is 2. The third kappa shape index (κ3) is 3.08. The number of benzene rings is 2. The fourth-order valence-corrected chi connectivity index (χ4v) is 4.63. The number of fused-ring (bicyclic) bond motifs is 1. The Kier molecular flexibility index (Phi) is 4.20. The lowest BCUT2D eigenvalue weighted by Gasteiger charge is -2.34. The van der Waals surface area contributed by atoms with E-state index in [4.69, 9.17) is 0 Å². The van der Waals surface area contributed by atoms with Gasteiger partial charge in [0.05, 0.1) is 27.4 Å². The van der Waals surface area contributed by atoms with E-state index in [0.717, 1.165) is 24.7 Å². The smallest absolute Gasteiger partial charge is 0.204 e. The molecule has 0 bridgehead atoms. The van der Waals surface area contributed by atoms with Crippen LogP contribution < -0.4 is 10.2 Å². The molecular formula is C19H20FN3O2S. The van der Waals surface area contributed by atoms with Gasteiger partial charge in [0.1, 0.15) is 5.82 Å². The van der Waals surface area contributed by atoms with E-state index >= 15 is 0 Å². The molecule has 2 aliphatic rings. The van der Waals surface area contributed by atoms with Crippen molar-refractivity contribution in [3.8, 4) is 0 Å². The lowest BCUT2D eigenvalue weighted by Crippen LogP contribution is -2.44. The maximum absolute atomic E-state index is 14.7. The Bertz CT molecular complexity index is 966. The van der Waals surface area contributed by atoms with Crippen molar-refractivity contribution in [3.05, 3.63) is 59.3 Å². The molecule has 0 aliphatic carbocycles. The summed E-state index contributed by atoms with van der Waals surface area (Å²) in [5.74, 6) is -0.504. The normalized spacial score (nSPS) is 19.5. The van der Waals surface area contributed by atoms with Crippen molar-refractivity contribution in [2.45, 2.75) is 4.90 Å². The van der Waals surface area contributed by atoms with Gasteiger partial charge in [-0.3, -0.25) is 0 Å². The van der Waals surface area contributed by atoms with Gasteiger partial charge in [-0.2, -0.15) is 0 Å². The molecule has 2 aromatic carbocycles. The predicted octanol–water partition coefficient (Wildman–Crippen LogP) is 2.78. The minimum Gasteiger partial charge on any atom is -0.367 e. The second-order valence-corrected chi connectivity index (χ2v) is 8.42. The molecule has 26 heavy (non-hydrogen) atoms. The molecule has 2 heterocycles. The summed E-state index contributed by atoms with van der Waals surface area (Å²) in [5, 5.41) is 4.33. The number of nitrogens with zero attached hydrogens (tertiary/aromatic N) is 2. The average molecular weight is 373 g/mol. The molecule has 5 nitrogen and oxygen atoms in total. The third-order valence-electron chi connectivity index (χ3n) is 4.83. The summed E-state index contributed by atoms with van der Waals surface area (Å²) in [7, 11) is -1.68. The minimum absolute atomic E-state index is 0.0208. The summed E-state index contributed by atoms with van der Waals surface area (Å²) >= 11 is 0. The molecule has 0 spiro atoms. The lowest BCUT2D eigenvalue weighted by molar-refractivity contribution is 0.311. The molecule has 0 radical (unpaired) electrons. The van der Waals surface area contributed by atoms with Gasteiger partial charge in [-0.25, -0.2) is 12.8 Å². The van der Waals surface area contributed by atoms with Crippen molar-refractivity contribution < 1.29 is 12.8 Å². The highest BCUT2D eigenvalue weighted by Gasteiger charge is 2.28. The summed E-state index contributed by atoms with van der Waals surface area (Å²) < 4.78 is 39.9. The van der Waals surface area contributed by atoms with Gasteiger partial charge in [-0.15, -0.1) is 0 Å². The average Bonchev–Trinajstić information content (AvgIpc) is 2.63. The van der Waals surface area contributed by atoms with Crippen LogP contribution in [0.25, 0.3) is 5.70 Å². The van der Waals surface area contributed by atoms with Crippen LogP contribution in [-0.4, -0.2) is 46.5 Å².